The highest BCUT2D eigenvalue weighted by Crippen LogP contribution is 2.24. The first-order valence-corrected chi connectivity index (χ1v) is 7.13. The SMILES string of the molecule is C=CC(=O)N(Cc1nn(CC)nc1C)c1ccc(Cl)c(F)c1. The van der Waals surface area contributed by atoms with Crippen LogP contribution in [0.2, 0.25) is 5.02 Å². The van der Waals surface area contributed by atoms with E-state index in [1.807, 2.05) is 13.8 Å². The lowest BCUT2D eigenvalue weighted by atomic mass is 10.2. The van der Waals surface area contributed by atoms with Crippen LogP contribution in [0.25, 0.3) is 0 Å². The Morgan fingerprint density at radius 3 is 2.77 bits per heavy atom. The zero-order valence-corrected chi connectivity index (χ0v) is 13.1. The molecule has 0 fully saturated rings. The Labute approximate surface area is 133 Å². The standard InChI is InChI=1S/C15H16ClFN4O/c1-4-15(22)20(11-6-7-12(16)13(17)8-11)9-14-10(3)18-21(5-2)19-14/h4,6-8H,1,5,9H2,2-3H3. The molecule has 1 heterocycles. The van der Waals surface area contributed by atoms with Gasteiger partial charge in [0.2, 0.25) is 0 Å². The van der Waals surface area contributed by atoms with Gasteiger partial charge in [-0.15, -0.1) is 0 Å². The third kappa shape index (κ3) is 3.33. The van der Waals surface area contributed by atoms with Gasteiger partial charge in [0.05, 0.1) is 23.8 Å². The lowest BCUT2D eigenvalue weighted by Gasteiger charge is -2.20. The fourth-order valence-electron chi connectivity index (χ4n) is 1.96. The number of hydrogen-bond donors (Lipinski definition) is 0. The third-order valence-electron chi connectivity index (χ3n) is 3.17. The van der Waals surface area contributed by atoms with Crippen molar-refractivity contribution in [3.05, 3.63) is 53.1 Å². The summed E-state index contributed by atoms with van der Waals surface area (Å²) in [5.41, 5.74) is 1.75. The molecule has 0 unspecified atom stereocenters. The lowest BCUT2D eigenvalue weighted by molar-refractivity contribution is -0.114. The Kier molecular flexibility index (Phi) is 4.92. The van der Waals surface area contributed by atoms with E-state index in [1.54, 1.807) is 10.9 Å². The number of amides is 1. The summed E-state index contributed by atoms with van der Waals surface area (Å²) in [4.78, 5) is 15.0. The molecule has 0 saturated heterocycles. The second-order valence-electron chi connectivity index (χ2n) is 4.65. The molecule has 1 aromatic carbocycles. The van der Waals surface area contributed by atoms with E-state index in [1.165, 1.54) is 23.1 Å². The van der Waals surface area contributed by atoms with Crippen LogP contribution >= 0.6 is 11.6 Å². The van der Waals surface area contributed by atoms with Crippen molar-refractivity contribution in [1.82, 2.24) is 15.0 Å². The molecule has 7 heteroatoms. The van der Waals surface area contributed by atoms with Gasteiger partial charge in [-0.1, -0.05) is 18.2 Å². The van der Waals surface area contributed by atoms with Crippen LogP contribution in [-0.4, -0.2) is 20.9 Å². The average molecular weight is 323 g/mol. The molecule has 2 aromatic rings. The van der Waals surface area contributed by atoms with E-state index in [4.69, 9.17) is 11.6 Å². The molecule has 0 aliphatic carbocycles. The zero-order valence-electron chi connectivity index (χ0n) is 12.4. The Balaban J connectivity index is 2.37. The van der Waals surface area contributed by atoms with E-state index in [0.717, 1.165) is 5.69 Å². The molecular weight excluding hydrogens is 307 g/mol. The highest BCUT2D eigenvalue weighted by molar-refractivity contribution is 6.30. The van der Waals surface area contributed by atoms with Crippen molar-refractivity contribution in [3.8, 4) is 0 Å². The highest BCUT2D eigenvalue weighted by atomic mass is 35.5. The molecule has 0 bridgehead atoms. The quantitative estimate of drug-likeness (QED) is 0.795. The molecule has 5 nitrogen and oxygen atoms in total. The number of hydrogen-bond acceptors (Lipinski definition) is 3. The maximum atomic E-state index is 13.7. The van der Waals surface area contributed by atoms with Crippen molar-refractivity contribution in [3.63, 3.8) is 0 Å². The van der Waals surface area contributed by atoms with E-state index in [0.29, 0.717) is 17.9 Å². The first-order valence-electron chi connectivity index (χ1n) is 6.75. The number of nitrogens with zero attached hydrogens (tertiary/aromatic N) is 4. The van der Waals surface area contributed by atoms with Gasteiger partial charge in [0, 0.05) is 5.69 Å². The number of benzene rings is 1. The third-order valence-corrected chi connectivity index (χ3v) is 3.47. The van der Waals surface area contributed by atoms with Gasteiger partial charge >= 0.3 is 0 Å². The number of aryl methyl sites for hydroxylation is 2. The van der Waals surface area contributed by atoms with Crippen LogP contribution in [0.4, 0.5) is 10.1 Å². The predicted octanol–water partition coefficient (Wildman–Crippen LogP) is 3.12. The van der Waals surface area contributed by atoms with Crippen LogP contribution in [-0.2, 0) is 17.9 Å². The average Bonchev–Trinajstić information content (AvgIpc) is 2.87. The van der Waals surface area contributed by atoms with E-state index in [2.05, 4.69) is 16.8 Å². The minimum atomic E-state index is -0.588. The summed E-state index contributed by atoms with van der Waals surface area (Å²) >= 11 is 5.68. The molecule has 2 rings (SSSR count). The molecule has 1 aromatic heterocycles. The van der Waals surface area contributed by atoms with Crippen molar-refractivity contribution in [2.45, 2.75) is 26.9 Å². The van der Waals surface area contributed by atoms with Crippen LogP contribution in [0.3, 0.4) is 0 Å². The van der Waals surface area contributed by atoms with E-state index in [-0.39, 0.29) is 17.5 Å². The summed E-state index contributed by atoms with van der Waals surface area (Å²) in [7, 11) is 0. The Morgan fingerprint density at radius 1 is 1.50 bits per heavy atom. The van der Waals surface area contributed by atoms with Gasteiger partial charge < -0.3 is 4.90 Å². The molecule has 0 spiro atoms. The van der Waals surface area contributed by atoms with Crippen molar-refractivity contribution in [1.29, 1.82) is 0 Å². The van der Waals surface area contributed by atoms with Gasteiger partial charge in [-0.05, 0) is 38.1 Å². The number of anilines is 1. The van der Waals surface area contributed by atoms with Gasteiger partial charge in [-0.25, -0.2) is 4.39 Å². The monoisotopic (exact) mass is 322 g/mol. The molecule has 22 heavy (non-hydrogen) atoms. The Hall–Kier alpha value is -2.21. The minimum absolute atomic E-state index is 0.00265. The molecule has 0 saturated carbocycles. The number of aromatic nitrogens is 3. The maximum absolute atomic E-state index is 13.7. The Bertz CT molecular complexity index is 714. The number of carbonyl (C=O) groups excluding carboxylic acids is 1. The van der Waals surface area contributed by atoms with Crippen LogP contribution < -0.4 is 4.90 Å². The number of halogens is 2. The summed E-state index contributed by atoms with van der Waals surface area (Å²) in [5.74, 6) is -0.942. The number of carbonyl (C=O) groups is 1. The smallest absolute Gasteiger partial charge is 0.250 e. The van der Waals surface area contributed by atoms with Crippen molar-refractivity contribution in [2.24, 2.45) is 0 Å². The number of rotatable bonds is 5. The molecule has 116 valence electrons. The first-order chi connectivity index (χ1) is 10.5. The molecule has 0 N–H and O–H groups in total. The molecular formula is C15H16ClFN4O. The fourth-order valence-corrected chi connectivity index (χ4v) is 2.08. The van der Waals surface area contributed by atoms with Crippen molar-refractivity contribution >= 4 is 23.2 Å². The van der Waals surface area contributed by atoms with Crippen LogP contribution in [0.5, 0.6) is 0 Å². The van der Waals surface area contributed by atoms with E-state index < -0.39 is 5.82 Å². The van der Waals surface area contributed by atoms with Crippen molar-refractivity contribution in [2.75, 3.05) is 4.90 Å². The van der Waals surface area contributed by atoms with Crippen LogP contribution in [0.1, 0.15) is 18.3 Å². The van der Waals surface area contributed by atoms with Crippen LogP contribution in [0.15, 0.2) is 30.9 Å². The summed E-state index contributed by atoms with van der Waals surface area (Å²) < 4.78 is 13.7. The van der Waals surface area contributed by atoms with Crippen LogP contribution in [0, 0.1) is 12.7 Å². The molecule has 0 aliphatic rings. The molecule has 0 aliphatic heterocycles. The molecule has 0 atom stereocenters. The summed E-state index contributed by atoms with van der Waals surface area (Å²) in [6.07, 6.45) is 1.17. The predicted molar refractivity (Wildman–Crippen MR) is 83.2 cm³/mol. The van der Waals surface area contributed by atoms with Gasteiger partial charge in [-0.2, -0.15) is 15.0 Å². The summed E-state index contributed by atoms with van der Waals surface area (Å²) in [5, 5.41) is 8.55. The van der Waals surface area contributed by atoms with Gasteiger partial charge in [0.1, 0.15) is 11.5 Å². The maximum Gasteiger partial charge on any atom is 0.250 e. The zero-order chi connectivity index (χ0) is 16.3. The fraction of sp³-hybridized carbons (Fsp3) is 0.267. The normalized spacial score (nSPS) is 10.5. The van der Waals surface area contributed by atoms with Gasteiger partial charge in [0.15, 0.2) is 0 Å². The van der Waals surface area contributed by atoms with Gasteiger partial charge in [0.25, 0.3) is 5.91 Å². The summed E-state index contributed by atoms with van der Waals surface area (Å²) in [6.45, 7) is 8.02. The molecule has 0 radical (unpaired) electrons. The first kappa shape index (κ1) is 16.2. The largest absolute Gasteiger partial charge is 0.303 e. The van der Waals surface area contributed by atoms with E-state index >= 15 is 0 Å². The second kappa shape index (κ2) is 6.70. The lowest BCUT2D eigenvalue weighted by Crippen LogP contribution is -2.29. The topological polar surface area (TPSA) is 51.0 Å². The highest BCUT2D eigenvalue weighted by Gasteiger charge is 2.18. The summed E-state index contributed by atoms with van der Waals surface area (Å²) in [6, 6.07) is 4.20. The Morgan fingerprint density at radius 2 is 2.23 bits per heavy atom. The molecule has 1 amide bonds. The van der Waals surface area contributed by atoms with Gasteiger partial charge in [-0.3, -0.25) is 4.79 Å². The van der Waals surface area contributed by atoms with E-state index in [9.17, 15) is 9.18 Å². The van der Waals surface area contributed by atoms with Crippen molar-refractivity contribution < 1.29 is 9.18 Å². The second-order valence-corrected chi connectivity index (χ2v) is 5.05. The minimum Gasteiger partial charge on any atom is -0.303 e.